The third-order valence-electron chi connectivity index (χ3n) is 5.05. The Morgan fingerprint density at radius 3 is 2.76 bits per heavy atom. The van der Waals surface area contributed by atoms with Crippen molar-refractivity contribution in [2.75, 3.05) is 25.5 Å². The van der Waals surface area contributed by atoms with Crippen molar-refractivity contribution in [3.05, 3.63) is 52.2 Å². The summed E-state index contributed by atoms with van der Waals surface area (Å²) < 4.78 is 0. The number of nitrogens with zero attached hydrogens (tertiary/aromatic N) is 2. The first-order valence-corrected chi connectivity index (χ1v) is 11.0. The first-order valence-electron chi connectivity index (χ1n) is 10.1. The van der Waals surface area contributed by atoms with Gasteiger partial charge in [-0.05, 0) is 55.3 Å². The van der Waals surface area contributed by atoms with Crippen molar-refractivity contribution in [1.82, 2.24) is 10.2 Å². The lowest BCUT2D eigenvalue weighted by atomic mass is 9.85. The molecule has 1 aromatic heterocycles. The lowest BCUT2D eigenvalue weighted by Gasteiger charge is -2.24. The van der Waals surface area contributed by atoms with E-state index in [1.165, 1.54) is 11.3 Å². The van der Waals surface area contributed by atoms with Gasteiger partial charge >= 0.3 is 0 Å². The predicted molar refractivity (Wildman–Crippen MR) is 133 cm³/mol. The van der Waals surface area contributed by atoms with Crippen LogP contribution in [0.5, 0.6) is 0 Å². The second kappa shape index (κ2) is 12.2. The molecule has 0 bridgehead atoms. The van der Waals surface area contributed by atoms with Crippen LogP contribution in [0.2, 0.25) is 0 Å². The number of halogens is 1. The number of aliphatic imine (C=N–C) groups is 1. The van der Waals surface area contributed by atoms with Crippen molar-refractivity contribution >= 4 is 52.9 Å². The Labute approximate surface area is 195 Å². The van der Waals surface area contributed by atoms with Crippen molar-refractivity contribution in [3.63, 3.8) is 0 Å². The van der Waals surface area contributed by atoms with Gasteiger partial charge in [0.15, 0.2) is 5.96 Å². The van der Waals surface area contributed by atoms with Gasteiger partial charge in [0.1, 0.15) is 0 Å². The Bertz CT molecular complexity index is 790. The maximum atomic E-state index is 12.2. The van der Waals surface area contributed by atoms with E-state index in [9.17, 15) is 4.79 Å². The Hall–Kier alpha value is -1.61. The number of hydrogen-bond donors (Lipinski definition) is 2. The fourth-order valence-electron chi connectivity index (χ4n) is 3.14. The quantitative estimate of drug-likeness (QED) is 0.297. The molecule has 0 spiro atoms. The smallest absolute Gasteiger partial charge is 0.227 e. The number of amides is 1. The van der Waals surface area contributed by atoms with Crippen molar-refractivity contribution < 1.29 is 4.79 Å². The molecule has 0 unspecified atom stereocenters. The van der Waals surface area contributed by atoms with E-state index >= 15 is 0 Å². The molecule has 1 fully saturated rings. The minimum absolute atomic E-state index is 0. The summed E-state index contributed by atoms with van der Waals surface area (Å²) in [5.74, 6) is 1.25. The molecule has 158 valence electrons. The van der Waals surface area contributed by atoms with E-state index in [0.29, 0.717) is 6.54 Å². The van der Waals surface area contributed by atoms with Gasteiger partial charge in [0.05, 0.1) is 6.54 Å². The highest BCUT2D eigenvalue weighted by atomic mass is 127. The van der Waals surface area contributed by atoms with Crippen LogP contribution < -0.4 is 10.6 Å². The number of hydrogen-bond acceptors (Lipinski definition) is 3. The Morgan fingerprint density at radius 1 is 1.28 bits per heavy atom. The van der Waals surface area contributed by atoms with Crippen LogP contribution in [0.25, 0.3) is 0 Å². The summed E-state index contributed by atoms with van der Waals surface area (Å²) in [6, 6.07) is 12.3. The zero-order valence-electron chi connectivity index (χ0n) is 17.2. The molecule has 3 rings (SSSR count). The molecule has 1 aromatic carbocycles. The number of guanidine groups is 1. The standard InChI is InChI=1S/C22H30N4OS.HI/c1-3-23-22(26(2)13-12-20-11-6-14-28-20)24-16-17-7-4-10-19(15-17)25-21(27)18-8-5-9-18;/h4,6-7,10-11,14-15,18H,3,5,8-9,12-13,16H2,1-2H3,(H,23,24)(H,25,27);1H. The van der Waals surface area contributed by atoms with Crippen LogP contribution in [0.15, 0.2) is 46.8 Å². The molecule has 1 aliphatic rings. The summed E-state index contributed by atoms with van der Waals surface area (Å²) in [5.41, 5.74) is 1.95. The lowest BCUT2D eigenvalue weighted by Crippen LogP contribution is -2.39. The second-order valence-corrected chi connectivity index (χ2v) is 8.27. The minimum Gasteiger partial charge on any atom is -0.357 e. The molecule has 0 saturated heterocycles. The van der Waals surface area contributed by atoms with E-state index in [4.69, 9.17) is 4.99 Å². The number of benzene rings is 1. The zero-order chi connectivity index (χ0) is 19.8. The average Bonchev–Trinajstić information content (AvgIpc) is 3.15. The summed E-state index contributed by atoms with van der Waals surface area (Å²) in [6.07, 6.45) is 4.21. The van der Waals surface area contributed by atoms with Crippen LogP contribution in [0, 0.1) is 5.92 Å². The second-order valence-electron chi connectivity index (χ2n) is 7.24. The summed E-state index contributed by atoms with van der Waals surface area (Å²) in [4.78, 5) is 20.5. The first-order chi connectivity index (χ1) is 13.7. The SMILES string of the molecule is CCNC(=NCc1cccc(NC(=O)C2CCC2)c1)N(C)CCc1cccs1.I. The average molecular weight is 526 g/mol. The number of nitrogens with one attached hydrogen (secondary N) is 2. The minimum atomic E-state index is 0. The van der Waals surface area contributed by atoms with E-state index in [-0.39, 0.29) is 35.8 Å². The Balaban J connectivity index is 0.00000300. The molecule has 1 amide bonds. The van der Waals surface area contributed by atoms with Crippen LogP contribution in [0.1, 0.15) is 36.6 Å². The highest BCUT2D eigenvalue weighted by Crippen LogP contribution is 2.27. The van der Waals surface area contributed by atoms with Crippen LogP contribution in [-0.2, 0) is 17.8 Å². The maximum absolute atomic E-state index is 12.2. The Morgan fingerprint density at radius 2 is 2.10 bits per heavy atom. The van der Waals surface area contributed by atoms with Gasteiger partial charge in [0, 0.05) is 36.6 Å². The molecule has 1 saturated carbocycles. The topological polar surface area (TPSA) is 56.7 Å². The third-order valence-corrected chi connectivity index (χ3v) is 5.99. The highest BCUT2D eigenvalue weighted by Gasteiger charge is 2.25. The predicted octanol–water partition coefficient (Wildman–Crippen LogP) is 4.74. The third kappa shape index (κ3) is 7.29. The summed E-state index contributed by atoms with van der Waals surface area (Å²) in [5, 5.41) is 8.53. The number of carbonyl (C=O) groups excluding carboxylic acids is 1. The maximum Gasteiger partial charge on any atom is 0.227 e. The summed E-state index contributed by atoms with van der Waals surface area (Å²) >= 11 is 1.79. The number of anilines is 1. The summed E-state index contributed by atoms with van der Waals surface area (Å²) in [7, 11) is 2.07. The Kier molecular flexibility index (Phi) is 9.93. The van der Waals surface area contributed by atoms with Crippen LogP contribution >= 0.6 is 35.3 Å². The van der Waals surface area contributed by atoms with Gasteiger partial charge in [-0.15, -0.1) is 35.3 Å². The monoisotopic (exact) mass is 526 g/mol. The molecule has 1 heterocycles. The van der Waals surface area contributed by atoms with Crippen LogP contribution in [0.3, 0.4) is 0 Å². The molecular formula is C22H31IN4OS. The van der Waals surface area contributed by atoms with Crippen LogP contribution in [-0.4, -0.2) is 36.9 Å². The van der Waals surface area contributed by atoms with Crippen molar-refractivity contribution in [2.45, 2.75) is 39.2 Å². The molecule has 0 radical (unpaired) electrons. The van der Waals surface area contributed by atoms with Gasteiger partial charge in [-0.25, -0.2) is 4.99 Å². The number of carbonyl (C=O) groups is 1. The molecular weight excluding hydrogens is 495 g/mol. The van der Waals surface area contributed by atoms with Crippen molar-refractivity contribution in [2.24, 2.45) is 10.9 Å². The van der Waals surface area contributed by atoms with Crippen molar-refractivity contribution in [1.29, 1.82) is 0 Å². The van der Waals surface area contributed by atoms with Gasteiger partial charge in [-0.2, -0.15) is 0 Å². The van der Waals surface area contributed by atoms with Gasteiger partial charge in [-0.1, -0.05) is 24.6 Å². The van der Waals surface area contributed by atoms with Gasteiger partial charge in [0.2, 0.25) is 5.91 Å². The van der Waals surface area contributed by atoms with E-state index in [2.05, 4.69) is 53.1 Å². The first kappa shape index (κ1) is 23.7. The van der Waals surface area contributed by atoms with E-state index in [0.717, 1.165) is 49.6 Å². The van der Waals surface area contributed by atoms with Gasteiger partial charge in [0.25, 0.3) is 0 Å². The molecule has 7 heteroatoms. The molecule has 0 atom stereocenters. The molecule has 0 aliphatic heterocycles. The highest BCUT2D eigenvalue weighted by molar-refractivity contribution is 14.0. The normalized spacial score (nSPS) is 13.9. The van der Waals surface area contributed by atoms with E-state index in [1.807, 2.05) is 18.2 Å². The molecule has 1 aliphatic carbocycles. The number of likely N-dealkylation sites (N-methyl/N-ethyl adjacent to an activating group) is 1. The molecule has 2 aromatic rings. The largest absolute Gasteiger partial charge is 0.357 e. The van der Waals surface area contributed by atoms with Gasteiger partial charge < -0.3 is 15.5 Å². The van der Waals surface area contributed by atoms with Crippen LogP contribution in [0.4, 0.5) is 5.69 Å². The molecule has 29 heavy (non-hydrogen) atoms. The number of rotatable bonds is 8. The van der Waals surface area contributed by atoms with E-state index < -0.39 is 0 Å². The zero-order valence-corrected chi connectivity index (χ0v) is 20.3. The van der Waals surface area contributed by atoms with E-state index in [1.54, 1.807) is 11.3 Å². The molecule has 5 nitrogen and oxygen atoms in total. The fraction of sp³-hybridized carbons (Fsp3) is 0.455. The number of thiophene rings is 1. The van der Waals surface area contributed by atoms with Crippen molar-refractivity contribution in [3.8, 4) is 0 Å². The fourth-order valence-corrected chi connectivity index (χ4v) is 3.83. The molecule has 2 N–H and O–H groups in total. The lowest BCUT2D eigenvalue weighted by molar-refractivity contribution is -0.122. The van der Waals surface area contributed by atoms with Gasteiger partial charge in [-0.3, -0.25) is 4.79 Å². The summed E-state index contributed by atoms with van der Waals surface area (Å²) in [6.45, 7) is 4.42.